The number of aromatic nitrogens is 1. The number of nitrogen functional groups attached to an aromatic ring is 2. The second-order valence-electron chi connectivity index (χ2n) is 1.45. The van der Waals surface area contributed by atoms with Gasteiger partial charge in [0.25, 0.3) is 0 Å². The van der Waals surface area contributed by atoms with E-state index >= 15 is 0 Å². The Balaban J connectivity index is 3.29. The van der Waals surface area contributed by atoms with Crippen molar-refractivity contribution in [3.63, 3.8) is 0 Å². The Labute approximate surface area is 49.8 Å². The SMILES string of the molecule is Nc1o[n+]([O-])c(O)c1N. The van der Waals surface area contributed by atoms with Gasteiger partial charge in [0.05, 0.1) is 4.90 Å². The van der Waals surface area contributed by atoms with Gasteiger partial charge in [-0.2, -0.15) is 0 Å². The average Bonchev–Trinajstić information content (AvgIpc) is 1.98. The van der Waals surface area contributed by atoms with Gasteiger partial charge in [-0.1, -0.05) is 0 Å². The topological polar surface area (TPSA) is 112 Å². The van der Waals surface area contributed by atoms with Gasteiger partial charge in [-0.05, 0) is 0 Å². The van der Waals surface area contributed by atoms with E-state index in [1.807, 2.05) is 0 Å². The van der Waals surface area contributed by atoms with E-state index in [4.69, 9.17) is 16.6 Å². The van der Waals surface area contributed by atoms with Crippen molar-refractivity contribution in [1.82, 2.24) is 0 Å². The van der Waals surface area contributed by atoms with Gasteiger partial charge in [0.1, 0.15) is 0 Å². The molecule has 0 spiro atoms. The van der Waals surface area contributed by atoms with Crippen molar-refractivity contribution >= 4 is 11.6 Å². The van der Waals surface area contributed by atoms with Crippen molar-refractivity contribution in [2.24, 2.45) is 0 Å². The van der Waals surface area contributed by atoms with Crippen LogP contribution in [0.5, 0.6) is 5.88 Å². The van der Waals surface area contributed by atoms with Gasteiger partial charge in [0, 0.05) is 0 Å². The van der Waals surface area contributed by atoms with E-state index in [0.717, 1.165) is 0 Å². The summed E-state index contributed by atoms with van der Waals surface area (Å²) >= 11 is 0. The lowest BCUT2D eigenvalue weighted by Crippen LogP contribution is -2.21. The van der Waals surface area contributed by atoms with Crippen molar-refractivity contribution in [3.8, 4) is 5.88 Å². The monoisotopic (exact) mass is 131 g/mol. The summed E-state index contributed by atoms with van der Waals surface area (Å²) < 4.78 is 4.11. The Kier molecular flexibility index (Phi) is 0.888. The molecule has 0 aliphatic carbocycles. The summed E-state index contributed by atoms with van der Waals surface area (Å²) in [7, 11) is 0. The molecule has 0 bridgehead atoms. The molecule has 1 rings (SSSR count). The van der Waals surface area contributed by atoms with E-state index in [-0.39, 0.29) is 16.5 Å². The van der Waals surface area contributed by atoms with Crippen LogP contribution < -0.4 is 16.4 Å². The standard InChI is InChI=1S/C3H5N3O3/c4-1-2(5)9-6(8)3(1)7/h7H,4-5H2. The molecule has 6 nitrogen and oxygen atoms in total. The third-order valence-corrected chi connectivity index (χ3v) is 0.861. The molecule has 0 radical (unpaired) electrons. The summed E-state index contributed by atoms with van der Waals surface area (Å²) in [6.45, 7) is 0. The van der Waals surface area contributed by atoms with Crippen LogP contribution in [0.4, 0.5) is 11.6 Å². The van der Waals surface area contributed by atoms with Crippen LogP contribution in [0.2, 0.25) is 0 Å². The molecule has 0 aliphatic heterocycles. The summed E-state index contributed by atoms with van der Waals surface area (Å²) in [6, 6.07) is 0. The molecule has 0 saturated heterocycles. The number of hydrogen-bond acceptors (Lipinski definition) is 5. The molecular weight excluding hydrogens is 126 g/mol. The van der Waals surface area contributed by atoms with Crippen LogP contribution in [0.15, 0.2) is 4.52 Å². The Hall–Kier alpha value is -1.59. The molecule has 0 amide bonds. The Morgan fingerprint density at radius 1 is 1.56 bits per heavy atom. The largest absolute Gasteiger partial charge is 0.454 e. The van der Waals surface area contributed by atoms with Crippen molar-refractivity contribution < 1.29 is 14.5 Å². The lowest BCUT2D eigenvalue weighted by Gasteiger charge is -1.80. The van der Waals surface area contributed by atoms with E-state index in [1.165, 1.54) is 0 Å². The average molecular weight is 131 g/mol. The lowest BCUT2D eigenvalue weighted by molar-refractivity contribution is -0.793. The van der Waals surface area contributed by atoms with Crippen LogP contribution in [-0.4, -0.2) is 5.11 Å². The molecule has 0 fully saturated rings. The number of hydrogen-bond donors (Lipinski definition) is 3. The van der Waals surface area contributed by atoms with Crippen LogP contribution in [-0.2, 0) is 0 Å². The fraction of sp³-hybridized carbons (Fsp3) is 0. The summed E-state index contributed by atoms with van der Waals surface area (Å²) in [5.74, 6) is -0.977. The van der Waals surface area contributed by atoms with Gasteiger partial charge in [0.2, 0.25) is 0 Å². The van der Waals surface area contributed by atoms with Crippen LogP contribution >= 0.6 is 0 Å². The van der Waals surface area contributed by atoms with Gasteiger partial charge in [0.15, 0.2) is 11.6 Å². The van der Waals surface area contributed by atoms with E-state index < -0.39 is 5.88 Å². The molecule has 0 atom stereocenters. The number of nitrogens with two attached hydrogens (primary N) is 2. The first kappa shape index (κ1) is 5.54. The van der Waals surface area contributed by atoms with Crippen molar-refractivity contribution in [3.05, 3.63) is 5.21 Å². The zero-order valence-electron chi connectivity index (χ0n) is 4.37. The molecule has 6 heteroatoms. The predicted molar refractivity (Wildman–Crippen MR) is 28.2 cm³/mol. The smallest absolute Gasteiger partial charge is 0.451 e. The minimum Gasteiger partial charge on any atom is -0.454 e. The first-order chi connectivity index (χ1) is 4.13. The van der Waals surface area contributed by atoms with E-state index in [1.54, 1.807) is 0 Å². The highest BCUT2D eigenvalue weighted by molar-refractivity contribution is 5.59. The summed E-state index contributed by atoms with van der Waals surface area (Å²) in [5, 5.41) is 18.8. The van der Waals surface area contributed by atoms with E-state index in [0.29, 0.717) is 0 Å². The number of rotatable bonds is 0. The lowest BCUT2D eigenvalue weighted by atomic mass is 10.5. The molecule has 5 N–H and O–H groups in total. The van der Waals surface area contributed by atoms with Gasteiger partial charge >= 0.3 is 5.88 Å². The third kappa shape index (κ3) is 0.600. The van der Waals surface area contributed by atoms with Crippen LogP contribution in [0, 0.1) is 5.21 Å². The Bertz CT molecular complexity index is 208. The maximum absolute atomic E-state index is 10.2. The molecule has 50 valence electrons. The molecular formula is C3H5N3O3. The van der Waals surface area contributed by atoms with Crippen molar-refractivity contribution in [2.75, 3.05) is 11.5 Å². The Morgan fingerprint density at radius 3 is 2.22 bits per heavy atom. The fourth-order valence-corrected chi connectivity index (χ4v) is 0.390. The van der Waals surface area contributed by atoms with Gasteiger partial charge in [-0.15, -0.1) is 0 Å². The van der Waals surface area contributed by atoms with Crippen molar-refractivity contribution in [2.45, 2.75) is 0 Å². The predicted octanol–water partition coefficient (Wildman–Crippen LogP) is -1.22. The zero-order valence-corrected chi connectivity index (χ0v) is 4.37. The molecule has 0 saturated carbocycles. The molecule has 0 aliphatic rings. The van der Waals surface area contributed by atoms with E-state index in [9.17, 15) is 5.21 Å². The van der Waals surface area contributed by atoms with Gasteiger partial charge < -0.3 is 21.1 Å². The van der Waals surface area contributed by atoms with E-state index in [2.05, 4.69) is 4.52 Å². The van der Waals surface area contributed by atoms with Gasteiger partial charge in [-0.25, -0.2) is 0 Å². The number of nitrogens with zero attached hydrogens (tertiary/aromatic N) is 1. The highest BCUT2D eigenvalue weighted by atomic mass is 16.7. The molecule has 1 aromatic rings. The minimum absolute atomic E-state index is 0.162. The summed E-state index contributed by atoms with van der Waals surface area (Å²) in [6.07, 6.45) is 0. The second kappa shape index (κ2) is 1.44. The number of anilines is 2. The minimum atomic E-state index is -0.701. The van der Waals surface area contributed by atoms with Gasteiger partial charge in [-0.3, -0.25) is 5.21 Å². The first-order valence-electron chi connectivity index (χ1n) is 2.09. The molecule has 1 heterocycles. The fourth-order valence-electron chi connectivity index (χ4n) is 0.390. The highest BCUT2D eigenvalue weighted by Crippen LogP contribution is 2.21. The summed E-state index contributed by atoms with van der Waals surface area (Å²) in [4.78, 5) is -0.162. The van der Waals surface area contributed by atoms with Crippen LogP contribution in [0.3, 0.4) is 0 Å². The first-order valence-corrected chi connectivity index (χ1v) is 2.09. The normalized spacial score (nSPS) is 9.78. The maximum atomic E-state index is 10.2. The molecule has 0 unspecified atom stereocenters. The number of aromatic hydroxyl groups is 1. The molecule has 0 aromatic carbocycles. The van der Waals surface area contributed by atoms with Crippen LogP contribution in [0.25, 0.3) is 0 Å². The highest BCUT2D eigenvalue weighted by Gasteiger charge is 2.15. The van der Waals surface area contributed by atoms with Crippen molar-refractivity contribution in [1.29, 1.82) is 0 Å². The Morgan fingerprint density at radius 2 is 2.11 bits per heavy atom. The third-order valence-electron chi connectivity index (χ3n) is 0.861. The molecule has 9 heavy (non-hydrogen) atoms. The zero-order chi connectivity index (χ0) is 7.02. The maximum Gasteiger partial charge on any atom is 0.451 e. The molecule has 1 aromatic heterocycles. The van der Waals surface area contributed by atoms with Crippen LogP contribution in [0.1, 0.15) is 0 Å². The summed E-state index contributed by atoms with van der Waals surface area (Å²) in [5.41, 5.74) is 9.75. The quantitative estimate of drug-likeness (QED) is 0.382. The second-order valence-corrected chi connectivity index (χ2v) is 1.45.